The third-order valence-electron chi connectivity index (χ3n) is 11.2. The fourth-order valence-electron chi connectivity index (χ4n) is 8.60. The molecule has 3 aromatic heterocycles. The fraction of sp³-hybridized carbons (Fsp3) is 0.429. The van der Waals surface area contributed by atoms with Crippen molar-refractivity contribution in [2.24, 2.45) is 11.8 Å². The summed E-state index contributed by atoms with van der Waals surface area (Å²) >= 11 is 0. The Hall–Kier alpha value is -5.52. The number of imidazole rings is 2. The van der Waals surface area contributed by atoms with Gasteiger partial charge in [0.25, 0.3) is 0 Å². The molecule has 2 saturated carbocycles. The molecule has 2 aliphatic carbocycles. The molecule has 4 aliphatic rings. The van der Waals surface area contributed by atoms with Crippen molar-refractivity contribution >= 4 is 45.3 Å². The minimum absolute atomic E-state index is 0.118. The molecule has 276 valence electrons. The van der Waals surface area contributed by atoms with Crippen LogP contribution in [0.1, 0.15) is 91.0 Å². The maximum absolute atomic E-state index is 13.1. The number of hydrogen-bond acceptors (Lipinski definition) is 8. The standard InChI is InChI=1S/C42H44N8O4/c1-41(2,3)53-39(51)49-33-16-24(33)18-35(49)37-45-27-11-8-22(14-30(27)47-37)21-7-10-26-29(13-21)43-20-32(44-26)23-9-12-28-31(15-23)48-38(46-28)36-19-25-17-34(25)50(36)40(52)54-42(4,5)6/h7-15,20,24-25,33-36H,16-19H2,1-6H3,(H,45,47)(H,46,48)/t24-,25-,33-,34-,35+,36+/m1/s1. The molecule has 2 N–H and O–H groups in total. The summed E-state index contributed by atoms with van der Waals surface area (Å²) in [6, 6.07) is 18.6. The van der Waals surface area contributed by atoms with Gasteiger partial charge in [0.1, 0.15) is 22.9 Å². The first-order chi connectivity index (χ1) is 25.7. The number of ether oxygens (including phenoxy) is 2. The summed E-state index contributed by atoms with van der Waals surface area (Å²) in [5.74, 6) is 2.61. The van der Waals surface area contributed by atoms with Crippen molar-refractivity contribution in [3.63, 3.8) is 0 Å². The van der Waals surface area contributed by atoms with Gasteiger partial charge in [0, 0.05) is 17.6 Å². The Labute approximate surface area is 312 Å². The monoisotopic (exact) mass is 724 g/mol. The summed E-state index contributed by atoms with van der Waals surface area (Å²) in [4.78, 5) is 56.7. The van der Waals surface area contributed by atoms with E-state index in [9.17, 15) is 9.59 Å². The predicted octanol–water partition coefficient (Wildman–Crippen LogP) is 8.86. The number of benzene rings is 3. The van der Waals surface area contributed by atoms with E-state index in [0.29, 0.717) is 11.8 Å². The van der Waals surface area contributed by atoms with Crippen LogP contribution in [0.5, 0.6) is 0 Å². The van der Waals surface area contributed by atoms with E-state index in [1.54, 1.807) is 0 Å². The summed E-state index contributed by atoms with van der Waals surface area (Å²) in [5.41, 5.74) is 7.78. The summed E-state index contributed by atoms with van der Waals surface area (Å²) in [7, 11) is 0. The average Bonchev–Trinajstić information content (AvgIpc) is 3.77. The van der Waals surface area contributed by atoms with Crippen LogP contribution in [0.2, 0.25) is 0 Å². The number of nitrogens with zero attached hydrogens (tertiary/aromatic N) is 6. The van der Waals surface area contributed by atoms with E-state index in [-0.39, 0.29) is 36.4 Å². The Morgan fingerprint density at radius 3 is 1.63 bits per heavy atom. The molecule has 0 bridgehead atoms. The highest BCUT2D eigenvalue weighted by atomic mass is 16.6. The van der Waals surface area contributed by atoms with Gasteiger partial charge in [0.15, 0.2) is 0 Å². The highest BCUT2D eigenvalue weighted by Gasteiger charge is 2.57. The molecule has 5 heterocycles. The summed E-state index contributed by atoms with van der Waals surface area (Å²) in [5, 5.41) is 0. The molecule has 2 amide bonds. The van der Waals surface area contributed by atoms with Crippen molar-refractivity contribution in [1.29, 1.82) is 0 Å². The van der Waals surface area contributed by atoms with Gasteiger partial charge in [-0.3, -0.25) is 14.8 Å². The SMILES string of the molecule is CC(C)(C)OC(=O)N1[C@@H]2C[C@@H]2C[C@H]1c1nc2ccc(-c3ccc4nc(-c5ccc6nc([C@@H]7C[C@H]8C[C@H]8N7C(=O)OC(C)(C)C)[nH]c6c5)cnc4c3)cc2[nH]1. The van der Waals surface area contributed by atoms with E-state index in [2.05, 4.69) is 40.3 Å². The number of aromatic nitrogens is 6. The molecule has 10 rings (SSSR count). The zero-order chi connectivity index (χ0) is 37.3. The van der Waals surface area contributed by atoms with Gasteiger partial charge in [-0.1, -0.05) is 18.2 Å². The second-order valence-electron chi connectivity index (χ2n) is 17.6. The van der Waals surface area contributed by atoms with E-state index in [0.717, 1.165) is 92.8 Å². The van der Waals surface area contributed by atoms with Crippen LogP contribution in [0, 0.1) is 11.8 Å². The maximum Gasteiger partial charge on any atom is 0.411 e. The average molecular weight is 725 g/mol. The molecule has 0 radical (unpaired) electrons. The fourth-order valence-corrected chi connectivity index (χ4v) is 8.60. The molecule has 6 aromatic rings. The van der Waals surface area contributed by atoms with Gasteiger partial charge >= 0.3 is 12.2 Å². The lowest BCUT2D eigenvalue weighted by Gasteiger charge is -2.29. The Kier molecular flexibility index (Phi) is 7.04. The molecule has 12 nitrogen and oxygen atoms in total. The number of aromatic amines is 2. The van der Waals surface area contributed by atoms with Gasteiger partial charge in [-0.05, 0) is 127 Å². The number of H-pyrrole nitrogens is 2. The number of amides is 2. The van der Waals surface area contributed by atoms with Gasteiger partial charge in [-0.2, -0.15) is 0 Å². The molecule has 2 saturated heterocycles. The zero-order valence-electron chi connectivity index (χ0n) is 31.4. The third kappa shape index (κ3) is 5.82. The lowest BCUT2D eigenvalue weighted by Crippen LogP contribution is -2.38. The number of carbonyl (C=O) groups excluding carboxylic acids is 2. The van der Waals surface area contributed by atoms with Crippen LogP contribution < -0.4 is 0 Å². The Morgan fingerprint density at radius 2 is 1.09 bits per heavy atom. The predicted molar refractivity (Wildman–Crippen MR) is 204 cm³/mol. The van der Waals surface area contributed by atoms with Crippen LogP contribution in [0.25, 0.3) is 55.5 Å². The van der Waals surface area contributed by atoms with E-state index in [1.807, 2.05) is 81.8 Å². The van der Waals surface area contributed by atoms with E-state index < -0.39 is 11.2 Å². The molecule has 6 atom stereocenters. The second-order valence-corrected chi connectivity index (χ2v) is 17.6. The smallest absolute Gasteiger partial charge is 0.411 e. The van der Waals surface area contributed by atoms with Crippen molar-refractivity contribution in [3.8, 4) is 22.4 Å². The molecule has 0 spiro atoms. The second kappa shape index (κ2) is 11.5. The number of carbonyl (C=O) groups is 2. The summed E-state index contributed by atoms with van der Waals surface area (Å²) in [6.45, 7) is 11.4. The maximum atomic E-state index is 13.1. The number of hydrogen-bond donors (Lipinski definition) is 2. The lowest BCUT2D eigenvalue weighted by molar-refractivity contribution is 0.0164. The number of nitrogens with one attached hydrogen (secondary N) is 2. The highest BCUT2D eigenvalue weighted by molar-refractivity contribution is 5.88. The van der Waals surface area contributed by atoms with Gasteiger partial charge in [0.05, 0.1) is 57.1 Å². The van der Waals surface area contributed by atoms with Gasteiger partial charge < -0.3 is 19.4 Å². The first-order valence-electron chi connectivity index (χ1n) is 19.0. The largest absolute Gasteiger partial charge is 0.444 e. The van der Waals surface area contributed by atoms with Gasteiger partial charge in [-0.15, -0.1) is 0 Å². The van der Waals surface area contributed by atoms with Crippen LogP contribution >= 0.6 is 0 Å². The summed E-state index contributed by atoms with van der Waals surface area (Å²) in [6.07, 6.45) is 5.13. The molecule has 54 heavy (non-hydrogen) atoms. The first-order valence-corrected chi connectivity index (χ1v) is 19.0. The number of likely N-dealkylation sites (tertiary alicyclic amines) is 2. The Bertz CT molecular complexity index is 2340. The molecular weight excluding hydrogens is 681 g/mol. The number of fused-ring (bicyclic) bond motifs is 5. The van der Waals surface area contributed by atoms with Crippen molar-refractivity contribution in [3.05, 3.63) is 72.4 Å². The van der Waals surface area contributed by atoms with E-state index in [4.69, 9.17) is 29.4 Å². The number of piperidine rings is 2. The molecule has 0 unspecified atom stereocenters. The van der Waals surface area contributed by atoms with Crippen LogP contribution in [0.3, 0.4) is 0 Å². The van der Waals surface area contributed by atoms with E-state index in [1.165, 1.54) is 0 Å². The highest BCUT2D eigenvalue weighted by Crippen LogP contribution is 2.54. The van der Waals surface area contributed by atoms with Gasteiger partial charge in [0.2, 0.25) is 0 Å². The minimum Gasteiger partial charge on any atom is -0.444 e. The van der Waals surface area contributed by atoms with Crippen LogP contribution in [-0.4, -0.2) is 75.2 Å². The summed E-state index contributed by atoms with van der Waals surface area (Å²) < 4.78 is 11.5. The molecule has 2 aliphatic heterocycles. The van der Waals surface area contributed by atoms with Crippen molar-refractivity contribution in [2.45, 2.75) is 103 Å². The van der Waals surface area contributed by atoms with Crippen LogP contribution in [0.15, 0.2) is 60.8 Å². The van der Waals surface area contributed by atoms with Crippen molar-refractivity contribution < 1.29 is 19.1 Å². The third-order valence-corrected chi connectivity index (χ3v) is 11.2. The van der Waals surface area contributed by atoms with Crippen molar-refractivity contribution in [1.82, 2.24) is 39.7 Å². The first kappa shape index (κ1) is 33.1. The van der Waals surface area contributed by atoms with Crippen molar-refractivity contribution in [2.75, 3.05) is 0 Å². The van der Waals surface area contributed by atoms with E-state index >= 15 is 0 Å². The topological polar surface area (TPSA) is 142 Å². The lowest BCUT2D eigenvalue weighted by atomic mass is 10.0. The molecule has 12 heteroatoms. The van der Waals surface area contributed by atoms with Gasteiger partial charge in [-0.25, -0.2) is 24.5 Å². The Balaban J connectivity index is 0.884. The molecule has 4 fully saturated rings. The normalized spacial score (nSPS) is 24.6. The Morgan fingerprint density at radius 1 is 0.611 bits per heavy atom. The minimum atomic E-state index is -0.552. The zero-order valence-corrected chi connectivity index (χ0v) is 31.4. The molecule has 3 aromatic carbocycles. The van der Waals surface area contributed by atoms with Crippen LogP contribution in [0.4, 0.5) is 9.59 Å². The quantitative estimate of drug-likeness (QED) is 0.184. The number of rotatable bonds is 4. The van der Waals surface area contributed by atoms with Crippen LogP contribution in [-0.2, 0) is 9.47 Å². The molecular formula is C42H44N8O4.